The van der Waals surface area contributed by atoms with Gasteiger partial charge in [0, 0.05) is 24.3 Å². The predicted octanol–water partition coefficient (Wildman–Crippen LogP) is 1.31. The standard InChI is InChI=1S/C14H20O7/c15-7-3-1-5-9-10(6-2-4-8-16)12(14(19)20)21-11(9)13(17)18/h15-16H,1-8H2,(H,17,18)(H,19,20). The number of aliphatic hydroxyl groups excluding tert-OH is 2. The van der Waals surface area contributed by atoms with Crippen molar-refractivity contribution in [3.05, 3.63) is 22.6 Å². The number of furan rings is 1. The van der Waals surface area contributed by atoms with E-state index in [1.54, 1.807) is 0 Å². The highest BCUT2D eigenvalue weighted by atomic mass is 16.4. The summed E-state index contributed by atoms with van der Waals surface area (Å²) in [5, 5.41) is 35.9. The molecule has 0 fully saturated rings. The van der Waals surface area contributed by atoms with Gasteiger partial charge in [0.1, 0.15) is 0 Å². The van der Waals surface area contributed by atoms with Gasteiger partial charge in [-0.1, -0.05) is 0 Å². The summed E-state index contributed by atoms with van der Waals surface area (Å²) in [6.45, 7) is -0.0161. The lowest BCUT2D eigenvalue weighted by Gasteiger charge is -2.04. The molecule has 0 aliphatic carbocycles. The molecule has 1 rings (SSSR count). The molecule has 1 heterocycles. The molecule has 0 aromatic carbocycles. The Morgan fingerprint density at radius 3 is 1.43 bits per heavy atom. The maximum atomic E-state index is 11.2. The van der Waals surface area contributed by atoms with Gasteiger partial charge in [-0.25, -0.2) is 9.59 Å². The summed E-state index contributed by atoms with van der Waals surface area (Å²) in [5.74, 6) is -3.29. The molecular formula is C14H20O7. The Morgan fingerprint density at radius 2 is 1.14 bits per heavy atom. The van der Waals surface area contributed by atoms with E-state index in [-0.39, 0.29) is 24.7 Å². The van der Waals surface area contributed by atoms with Gasteiger partial charge in [-0.2, -0.15) is 0 Å². The lowest BCUT2D eigenvalue weighted by Crippen LogP contribution is -2.04. The van der Waals surface area contributed by atoms with Crippen LogP contribution in [0.25, 0.3) is 0 Å². The zero-order chi connectivity index (χ0) is 15.8. The van der Waals surface area contributed by atoms with Crippen LogP contribution in [0.2, 0.25) is 0 Å². The molecule has 0 saturated heterocycles. The van der Waals surface area contributed by atoms with Crippen LogP contribution in [-0.2, 0) is 12.8 Å². The first-order valence-electron chi connectivity index (χ1n) is 6.85. The largest absolute Gasteiger partial charge is 0.475 e. The van der Waals surface area contributed by atoms with Crippen molar-refractivity contribution in [1.29, 1.82) is 0 Å². The lowest BCUT2D eigenvalue weighted by atomic mass is 9.98. The van der Waals surface area contributed by atoms with Crippen molar-refractivity contribution in [2.45, 2.75) is 38.5 Å². The van der Waals surface area contributed by atoms with Crippen LogP contribution in [-0.4, -0.2) is 45.6 Å². The van der Waals surface area contributed by atoms with Gasteiger partial charge >= 0.3 is 11.9 Å². The summed E-state index contributed by atoms with van der Waals surface area (Å²) in [6, 6.07) is 0. The molecule has 21 heavy (non-hydrogen) atoms. The van der Waals surface area contributed by atoms with Crippen molar-refractivity contribution < 1.29 is 34.4 Å². The van der Waals surface area contributed by atoms with Crippen LogP contribution in [0.4, 0.5) is 0 Å². The fraction of sp³-hybridized carbons (Fsp3) is 0.571. The molecule has 1 aromatic rings. The van der Waals surface area contributed by atoms with Crippen LogP contribution in [0.1, 0.15) is 57.9 Å². The van der Waals surface area contributed by atoms with Gasteiger partial charge in [-0.3, -0.25) is 0 Å². The fourth-order valence-electron chi connectivity index (χ4n) is 2.20. The molecule has 1 aromatic heterocycles. The maximum Gasteiger partial charge on any atom is 0.372 e. The van der Waals surface area contributed by atoms with E-state index in [4.69, 9.17) is 24.8 Å². The minimum Gasteiger partial charge on any atom is -0.475 e. The number of carbonyl (C=O) groups is 2. The Hall–Kier alpha value is -1.86. The fourth-order valence-corrected chi connectivity index (χ4v) is 2.20. The van der Waals surface area contributed by atoms with Crippen LogP contribution in [0.15, 0.2) is 4.42 Å². The molecule has 4 N–H and O–H groups in total. The third kappa shape index (κ3) is 4.57. The summed E-state index contributed by atoms with van der Waals surface area (Å²) >= 11 is 0. The highest BCUT2D eigenvalue weighted by Crippen LogP contribution is 2.27. The predicted molar refractivity (Wildman–Crippen MR) is 72.7 cm³/mol. The lowest BCUT2D eigenvalue weighted by molar-refractivity contribution is 0.0630. The molecular weight excluding hydrogens is 280 g/mol. The van der Waals surface area contributed by atoms with Gasteiger partial charge in [-0.05, 0) is 38.5 Å². The number of hydrogen-bond acceptors (Lipinski definition) is 5. The first kappa shape index (κ1) is 17.2. The van der Waals surface area contributed by atoms with E-state index >= 15 is 0 Å². The van der Waals surface area contributed by atoms with Crippen molar-refractivity contribution in [2.75, 3.05) is 13.2 Å². The average molecular weight is 300 g/mol. The smallest absolute Gasteiger partial charge is 0.372 e. The Balaban J connectivity index is 3.11. The average Bonchev–Trinajstić information content (AvgIpc) is 2.79. The molecule has 7 heteroatoms. The molecule has 0 spiro atoms. The number of unbranched alkanes of at least 4 members (excludes halogenated alkanes) is 2. The molecule has 7 nitrogen and oxygen atoms in total. The number of aliphatic hydroxyl groups is 2. The van der Waals surface area contributed by atoms with Gasteiger partial charge in [0.2, 0.25) is 11.5 Å². The summed E-state index contributed by atoms with van der Waals surface area (Å²) in [4.78, 5) is 22.4. The second-order valence-electron chi connectivity index (χ2n) is 4.69. The van der Waals surface area contributed by atoms with Gasteiger partial charge in [-0.15, -0.1) is 0 Å². The third-order valence-electron chi connectivity index (χ3n) is 3.17. The number of rotatable bonds is 10. The van der Waals surface area contributed by atoms with Crippen molar-refractivity contribution in [3.8, 4) is 0 Å². The Kier molecular flexibility index (Phi) is 6.90. The third-order valence-corrected chi connectivity index (χ3v) is 3.17. The first-order valence-corrected chi connectivity index (χ1v) is 6.85. The zero-order valence-corrected chi connectivity index (χ0v) is 11.7. The maximum absolute atomic E-state index is 11.2. The molecule has 0 aliphatic rings. The Bertz CT molecular complexity index is 447. The van der Waals surface area contributed by atoms with Gasteiger partial charge in [0.25, 0.3) is 0 Å². The van der Waals surface area contributed by atoms with Crippen LogP contribution in [0.5, 0.6) is 0 Å². The number of hydrogen-bond donors (Lipinski definition) is 4. The van der Waals surface area contributed by atoms with E-state index in [2.05, 4.69) is 0 Å². The van der Waals surface area contributed by atoms with Gasteiger partial charge in [0.05, 0.1) is 0 Å². The second-order valence-corrected chi connectivity index (χ2v) is 4.69. The Labute approximate surface area is 121 Å². The molecule has 0 atom stereocenters. The quantitative estimate of drug-likeness (QED) is 0.479. The molecule has 0 bridgehead atoms. The molecule has 0 saturated carbocycles. The molecule has 118 valence electrons. The van der Waals surface area contributed by atoms with Crippen molar-refractivity contribution in [1.82, 2.24) is 0 Å². The monoisotopic (exact) mass is 300 g/mol. The van der Waals surface area contributed by atoms with Crippen LogP contribution >= 0.6 is 0 Å². The minimum absolute atomic E-state index is 0.00805. The topological polar surface area (TPSA) is 128 Å². The van der Waals surface area contributed by atoms with E-state index in [0.29, 0.717) is 49.7 Å². The number of carboxylic acids is 2. The highest BCUT2D eigenvalue weighted by Gasteiger charge is 2.27. The van der Waals surface area contributed by atoms with Crippen LogP contribution in [0, 0.1) is 0 Å². The van der Waals surface area contributed by atoms with Crippen LogP contribution in [0.3, 0.4) is 0 Å². The normalized spacial score (nSPS) is 10.8. The van der Waals surface area contributed by atoms with Crippen LogP contribution < -0.4 is 0 Å². The second kappa shape index (κ2) is 8.43. The van der Waals surface area contributed by atoms with Gasteiger partial charge in [0.15, 0.2) is 0 Å². The van der Waals surface area contributed by atoms with Gasteiger partial charge < -0.3 is 24.8 Å². The van der Waals surface area contributed by atoms with E-state index < -0.39 is 11.9 Å². The zero-order valence-electron chi connectivity index (χ0n) is 11.7. The first-order chi connectivity index (χ1) is 10.0. The minimum atomic E-state index is -1.30. The van der Waals surface area contributed by atoms with Crippen molar-refractivity contribution in [2.24, 2.45) is 0 Å². The summed E-state index contributed by atoms with van der Waals surface area (Å²) in [5.41, 5.74) is 0.762. The summed E-state index contributed by atoms with van der Waals surface area (Å²) < 4.78 is 5.01. The highest BCUT2D eigenvalue weighted by molar-refractivity contribution is 5.92. The summed E-state index contributed by atoms with van der Waals surface area (Å²) in [7, 11) is 0. The molecule has 0 amide bonds. The van der Waals surface area contributed by atoms with Crippen molar-refractivity contribution >= 4 is 11.9 Å². The number of carboxylic acid groups (broad SMARTS) is 2. The van der Waals surface area contributed by atoms with E-state index in [1.807, 2.05) is 0 Å². The summed E-state index contributed by atoms with van der Waals surface area (Å²) in [6.07, 6.45) is 2.77. The Morgan fingerprint density at radius 1 is 0.762 bits per heavy atom. The number of aromatic carboxylic acids is 2. The van der Waals surface area contributed by atoms with Crippen molar-refractivity contribution in [3.63, 3.8) is 0 Å². The van der Waals surface area contributed by atoms with E-state index in [0.717, 1.165) is 0 Å². The van der Waals surface area contributed by atoms with E-state index in [9.17, 15) is 9.59 Å². The molecule has 0 unspecified atom stereocenters. The van der Waals surface area contributed by atoms with E-state index in [1.165, 1.54) is 0 Å². The molecule has 0 radical (unpaired) electrons. The SMILES string of the molecule is O=C(O)c1oc(C(=O)O)c(CCCCO)c1CCCCO. The molecule has 0 aliphatic heterocycles.